The van der Waals surface area contributed by atoms with Crippen LogP contribution in [-0.4, -0.2) is 11.5 Å². The van der Waals surface area contributed by atoms with Crippen molar-refractivity contribution in [1.29, 1.82) is 0 Å². The molecular weight excluding hydrogens is 234 g/mol. The Hall–Kier alpha value is -1.81. The molecule has 1 aromatic heterocycles. The topological polar surface area (TPSA) is 24.9 Å². The summed E-state index contributed by atoms with van der Waals surface area (Å²) in [5.41, 5.74) is 1.74. The molecule has 1 aromatic carbocycles. The van der Waals surface area contributed by atoms with Gasteiger partial charge in [0, 0.05) is 25.0 Å². The average Bonchev–Trinajstić information content (AvgIpc) is 2.35. The van der Waals surface area contributed by atoms with Crippen LogP contribution in [0, 0.1) is 11.6 Å². The number of nitrogens with one attached hydrogen (secondary N) is 1. The number of pyridine rings is 1. The van der Waals surface area contributed by atoms with Crippen LogP contribution in [0.1, 0.15) is 11.1 Å². The Morgan fingerprint density at radius 3 is 2.50 bits per heavy atom. The molecule has 1 N–H and O–H groups in total. The highest BCUT2D eigenvalue weighted by Gasteiger charge is 2.00. The smallest absolute Gasteiger partial charge is 0.126 e. The third-order valence-electron chi connectivity index (χ3n) is 2.56. The van der Waals surface area contributed by atoms with Crippen molar-refractivity contribution in [3.63, 3.8) is 0 Å². The van der Waals surface area contributed by atoms with Crippen LogP contribution in [0.15, 0.2) is 42.7 Å². The number of rotatable bonds is 5. The minimum absolute atomic E-state index is 0.453. The summed E-state index contributed by atoms with van der Waals surface area (Å²) in [6.45, 7) is 1.19. The second-order valence-electron chi connectivity index (χ2n) is 4.07. The molecule has 0 saturated heterocycles. The standard InChI is InChI=1S/C14H14F2N2/c15-13-6-12(7-14(16)8-13)10-18-5-3-11-2-1-4-17-9-11/h1-2,4,6-9,18H,3,5,10H2. The normalized spacial score (nSPS) is 10.6. The third-order valence-corrected chi connectivity index (χ3v) is 2.56. The maximum absolute atomic E-state index is 12.9. The van der Waals surface area contributed by atoms with Crippen LogP contribution in [0.2, 0.25) is 0 Å². The van der Waals surface area contributed by atoms with Gasteiger partial charge in [0.15, 0.2) is 0 Å². The molecule has 2 rings (SSSR count). The maximum Gasteiger partial charge on any atom is 0.126 e. The van der Waals surface area contributed by atoms with E-state index in [0.29, 0.717) is 12.1 Å². The molecule has 1 heterocycles. The van der Waals surface area contributed by atoms with Crippen LogP contribution in [0.3, 0.4) is 0 Å². The van der Waals surface area contributed by atoms with Crippen molar-refractivity contribution in [3.8, 4) is 0 Å². The van der Waals surface area contributed by atoms with Gasteiger partial charge in [0.05, 0.1) is 0 Å². The number of hydrogen-bond donors (Lipinski definition) is 1. The fourth-order valence-electron chi connectivity index (χ4n) is 1.72. The lowest BCUT2D eigenvalue weighted by molar-refractivity contribution is 0.575. The van der Waals surface area contributed by atoms with Gasteiger partial charge in [0.2, 0.25) is 0 Å². The van der Waals surface area contributed by atoms with Crippen LogP contribution in [0.5, 0.6) is 0 Å². The van der Waals surface area contributed by atoms with Gasteiger partial charge >= 0.3 is 0 Å². The van der Waals surface area contributed by atoms with Crippen LogP contribution in [0.4, 0.5) is 8.78 Å². The first kappa shape index (κ1) is 12.6. The fourth-order valence-corrected chi connectivity index (χ4v) is 1.72. The van der Waals surface area contributed by atoms with E-state index in [1.54, 1.807) is 6.20 Å². The summed E-state index contributed by atoms with van der Waals surface area (Å²) in [4.78, 5) is 4.02. The molecule has 4 heteroatoms. The van der Waals surface area contributed by atoms with Gasteiger partial charge in [0.25, 0.3) is 0 Å². The summed E-state index contributed by atoms with van der Waals surface area (Å²) in [6, 6.07) is 7.42. The average molecular weight is 248 g/mol. The zero-order chi connectivity index (χ0) is 12.8. The molecule has 2 aromatic rings. The summed E-state index contributed by atoms with van der Waals surface area (Å²) >= 11 is 0. The zero-order valence-corrected chi connectivity index (χ0v) is 9.87. The van der Waals surface area contributed by atoms with E-state index in [2.05, 4.69) is 10.3 Å². The summed E-state index contributed by atoms with van der Waals surface area (Å²) < 4.78 is 25.9. The van der Waals surface area contributed by atoms with Crippen molar-refractivity contribution in [1.82, 2.24) is 10.3 Å². The van der Waals surface area contributed by atoms with Gasteiger partial charge in [-0.3, -0.25) is 4.98 Å². The molecule has 0 aliphatic rings. The van der Waals surface area contributed by atoms with Crippen molar-refractivity contribution < 1.29 is 8.78 Å². The monoisotopic (exact) mass is 248 g/mol. The Balaban J connectivity index is 1.78. The van der Waals surface area contributed by atoms with E-state index in [1.807, 2.05) is 18.3 Å². The fraction of sp³-hybridized carbons (Fsp3) is 0.214. The quantitative estimate of drug-likeness (QED) is 0.823. The third kappa shape index (κ3) is 3.89. The molecule has 0 atom stereocenters. The lowest BCUT2D eigenvalue weighted by atomic mass is 10.2. The molecule has 0 radical (unpaired) electrons. The first-order chi connectivity index (χ1) is 8.74. The molecule has 0 unspecified atom stereocenters. The van der Waals surface area contributed by atoms with Gasteiger partial charge in [-0.15, -0.1) is 0 Å². The number of hydrogen-bond acceptors (Lipinski definition) is 2. The Morgan fingerprint density at radius 1 is 1.06 bits per heavy atom. The first-order valence-electron chi connectivity index (χ1n) is 5.78. The minimum atomic E-state index is -0.543. The second-order valence-corrected chi connectivity index (χ2v) is 4.07. The number of aromatic nitrogens is 1. The van der Waals surface area contributed by atoms with Gasteiger partial charge in [-0.1, -0.05) is 6.07 Å². The molecule has 18 heavy (non-hydrogen) atoms. The predicted octanol–water partition coefficient (Wildman–Crippen LogP) is 2.69. The molecular formula is C14H14F2N2. The van der Waals surface area contributed by atoms with Crippen LogP contribution in [-0.2, 0) is 13.0 Å². The van der Waals surface area contributed by atoms with Gasteiger partial charge in [0.1, 0.15) is 11.6 Å². The molecule has 2 nitrogen and oxygen atoms in total. The number of benzene rings is 1. The van der Waals surface area contributed by atoms with Crippen molar-refractivity contribution >= 4 is 0 Å². The zero-order valence-electron chi connectivity index (χ0n) is 9.87. The van der Waals surface area contributed by atoms with Crippen molar-refractivity contribution in [3.05, 3.63) is 65.5 Å². The Labute approximate surface area is 105 Å². The molecule has 0 bridgehead atoms. The Bertz CT molecular complexity index is 480. The van der Waals surface area contributed by atoms with Crippen LogP contribution in [0.25, 0.3) is 0 Å². The molecule has 0 fully saturated rings. The van der Waals surface area contributed by atoms with E-state index in [-0.39, 0.29) is 0 Å². The maximum atomic E-state index is 12.9. The van der Waals surface area contributed by atoms with E-state index >= 15 is 0 Å². The summed E-state index contributed by atoms with van der Waals surface area (Å²) in [7, 11) is 0. The lowest BCUT2D eigenvalue weighted by Crippen LogP contribution is -2.17. The largest absolute Gasteiger partial charge is 0.312 e. The summed E-state index contributed by atoms with van der Waals surface area (Å²) in [5.74, 6) is -1.09. The van der Waals surface area contributed by atoms with E-state index < -0.39 is 11.6 Å². The number of halogens is 2. The van der Waals surface area contributed by atoms with Gasteiger partial charge in [-0.25, -0.2) is 8.78 Å². The second kappa shape index (κ2) is 6.21. The molecule has 0 amide bonds. The van der Waals surface area contributed by atoms with E-state index in [9.17, 15) is 8.78 Å². The van der Waals surface area contributed by atoms with Crippen LogP contribution < -0.4 is 5.32 Å². The van der Waals surface area contributed by atoms with Crippen LogP contribution >= 0.6 is 0 Å². The van der Waals surface area contributed by atoms with Gasteiger partial charge in [-0.05, 0) is 42.3 Å². The molecule has 0 saturated carbocycles. The van der Waals surface area contributed by atoms with E-state index in [1.165, 1.54) is 12.1 Å². The molecule has 94 valence electrons. The summed E-state index contributed by atoms with van der Waals surface area (Å²) in [6.07, 6.45) is 4.38. The number of nitrogens with zero attached hydrogens (tertiary/aromatic N) is 1. The Kier molecular flexibility index (Phi) is 4.36. The van der Waals surface area contributed by atoms with Crippen molar-refractivity contribution in [2.24, 2.45) is 0 Å². The molecule has 0 aliphatic carbocycles. The highest BCUT2D eigenvalue weighted by atomic mass is 19.1. The Morgan fingerprint density at radius 2 is 1.83 bits per heavy atom. The van der Waals surface area contributed by atoms with Gasteiger partial charge in [-0.2, -0.15) is 0 Å². The molecule has 0 spiro atoms. The highest BCUT2D eigenvalue weighted by molar-refractivity contribution is 5.17. The first-order valence-corrected chi connectivity index (χ1v) is 5.78. The van der Waals surface area contributed by atoms with E-state index in [4.69, 9.17) is 0 Å². The molecule has 0 aliphatic heterocycles. The van der Waals surface area contributed by atoms with Crippen molar-refractivity contribution in [2.75, 3.05) is 6.54 Å². The lowest BCUT2D eigenvalue weighted by Gasteiger charge is -2.05. The minimum Gasteiger partial charge on any atom is -0.312 e. The highest BCUT2D eigenvalue weighted by Crippen LogP contribution is 2.07. The SMILES string of the molecule is Fc1cc(F)cc(CNCCc2cccnc2)c1. The summed E-state index contributed by atoms with van der Waals surface area (Å²) in [5, 5.41) is 3.14. The van der Waals surface area contributed by atoms with E-state index in [0.717, 1.165) is 24.6 Å². The predicted molar refractivity (Wildman–Crippen MR) is 66.0 cm³/mol. The van der Waals surface area contributed by atoms with Crippen molar-refractivity contribution in [2.45, 2.75) is 13.0 Å². The van der Waals surface area contributed by atoms with Gasteiger partial charge < -0.3 is 5.32 Å².